The molecule has 0 bridgehead atoms. The van der Waals surface area contributed by atoms with Crippen molar-refractivity contribution in [2.45, 2.75) is 20.0 Å². The fraction of sp³-hybridized carbons (Fsp3) is 0.417. The Balaban J connectivity index is 0.00000324. The SMILES string of the molecule is CCN(CC)CCN(C(=O)C1COc2ccccc2O1)c1nc2cc(OC)c(OC)cc2s1.Cl. The number of fused-ring (bicyclic) bond motifs is 2. The van der Waals surface area contributed by atoms with Crippen LogP contribution in [0.15, 0.2) is 36.4 Å². The van der Waals surface area contributed by atoms with Gasteiger partial charge in [-0.05, 0) is 25.2 Å². The van der Waals surface area contributed by atoms with Gasteiger partial charge >= 0.3 is 0 Å². The summed E-state index contributed by atoms with van der Waals surface area (Å²) in [4.78, 5) is 22.4. The summed E-state index contributed by atoms with van der Waals surface area (Å²) in [6.07, 6.45) is -0.743. The van der Waals surface area contributed by atoms with Crippen LogP contribution in [0.1, 0.15) is 13.8 Å². The highest BCUT2D eigenvalue weighted by molar-refractivity contribution is 7.22. The van der Waals surface area contributed by atoms with Gasteiger partial charge in [-0.25, -0.2) is 4.98 Å². The minimum Gasteiger partial charge on any atom is -0.493 e. The summed E-state index contributed by atoms with van der Waals surface area (Å²) in [5.74, 6) is 2.28. The molecule has 2 aromatic carbocycles. The third-order valence-corrected chi connectivity index (χ3v) is 6.74. The van der Waals surface area contributed by atoms with Crippen LogP contribution in [-0.4, -0.2) is 68.9 Å². The van der Waals surface area contributed by atoms with Crippen LogP contribution in [-0.2, 0) is 4.79 Å². The topological polar surface area (TPSA) is 73.4 Å². The number of benzene rings is 2. The van der Waals surface area contributed by atoms with E-state index in [2.05, 4.69) is 18.7 Å². The number of ether oxygens (including phenoxy) is 4. The lowest BCUT2D eigenvalue weighted by Gasteiger charge is -2.30. The molecule has 0 saturated carbocycles. The van der Waals surface area contributed by atoms with Gasteiger partial charge in [0.2, 0.25) is 6.10 Å². The molecule has 1 amide bonds. The lowest BCUT2D eigenvalue weighted by atomic mass is 10.2. The third kappa shape index (κ3) is 5.32. The maximum atomic E-state index is 13.6. The van der Waals surface area contributed by atoms with Crippen LogP contribution in [0.5, 0.6) is 23.0 Å². The minimum absolute atomic E-state index is 0. The van der Waals surface area contributed by atoms with E-state index in [-0.39, 0.29) is 24.9 Å². The van der Waals surface area contributed by atoms with Crippen LogP contribution in [0.2, 0.25) is 0 Å². The summed E-state index contributed by atoms with van der Waals surface area (Å²) >= 11 is 1.44. The zero-order chi connectivity index (χ0) is 23.4. The number of para-hydroxylation sites is 2. The van der Waals surface area contributed by atoms with E-state index >= 15 is 0 Å². The number of nitrogens with zero attached hydrogens (tertiary/aromatic N) is 3. The van der Waals surface area contributed by atoms with E-state index in [1.165, 1.54) is 11.3 Å². The second-order valence-electron chi connectivity index (χ2n) is 7.55. The molecule has 1 unspecified atom stereocenters. The summed E-state index contributed by atoms with van der Waals surface area (Å²) in [5, 5.41) is 0.611. The van der Waals surface area contributed by atoms with Crippen LogP contribution < -0.4 is 23.8 Å². The number of amides is 1. The molecule has 184 valence electrons. The number of aromatic nitrogens is 1. The number of likely N-dealkylation sites (N-methyl/N-ethyl adjacent to an activating group) is 1. The van der Waals surface area contributed by atoms with Crippen LogP contribution in [0.3, 0.4) is 0 Å². The predicted molar refractivity (Wildman–Crippen MR) is 136 cm³/mol. The van der Waals surface area contributed by atoms with Gasteiger partial charge in [0.1, 0.15) is 6.61 Å². The average molecular weight is 508 g/mol. The lowest BCUT2D eigenvalue weighted by molar-refractivity contribution is -0.127. The zero-order valence-corrected chi connectivity index (χ0v) is 21.4. The van der Waals surface area contributed by atoms with Crippen LogP contribution in [0.4, 0.5) is 5.13 Å². The molecule has 0 spiro atoms. The molecule has 1 aliphatic rings. The molecule has 4 rings (SSSR count). The van der Waals surface area contributed by atoms with Crippen molar-refractivity contribution in [1.82, 2.24) is 9.88 Å². The zero-order valence-electron chi connectivity index (χ0n) is 19.8. The Morgan fingerprint density at radius 2 is 1.76 bits per heavy atom. The minimum atomic E-state index is -0.743. The van der Waals surface area contributed by atoms with Crippen molar-refractivity contribution in [2.24, 2.45) is 0 Å². The van der Waals surface area contributed by atoms with Crippen molar-refractivity contribution in [3.63, 3.8) is 0 Å². The van der Waals surface area contributed by atoms with E-state index in [0.717, 1.165) is 29.9 Å². The monoisotopic (exact) mass is 507 g/mol. The van der Waals surface area contributed by atoms with Gasteiger partial charge in [-0.3, -0.25) is 9.69 Å². The van der Waals surface area contributed by atoms with E-state index in [4.69, 9.17) is 23.9 Å². The molecule has 8 nitrogen and oxygen atoms in total. The Kier molecular flexibility index (Phi) is 8.82. The smallest absolute Gasteiger partial charge is 0.273 e. The van der Waals surface area contributed by atoms with Gasteiger partial charge in [-0.15, -0.1) is 12.4 Å². The fourth-order valence-corrected chi connectivity index (χ4v) is 4.76. The highest BCUT2D eigenvalue weighted by Gasteiger charge is 2.33. The Bertz CT molecular complexity index is 1080. The Labute approximate surface area is 209 Å². The molecule has 10 heteroatoms. The van der Waals surface area contributed by atoms with Gasteiger partial charge in [-0.2, -0.15) is 0 Å². The Morgan fingerprint density at radius 3 is 2.44 bits per heavy atom. The summed E-state index contributed by atoms with van der Waals surface area (Å²) < 4.78 is 23.6. The second-order valence-corrected chi connectivity index (χ2v) is 8.56. The maximum absolute atomic E-state index is 13.6. The van der Waals surface area contributed by atoms with Gasteiger partial charge in [0.15, 0.2) is 28.1 Å². The van der Waals surface area contributed by atoms with E-state index in [1.807, 2.05) is 36.4 Å². The Hall–Kier alpha value is -2.75. The van der Waals surface area contributed by atoms with Gasteiger partial charge in [0, 0.05) is 25.2 Å². The molecule has 0 fully saturated rings. The van der Waals surface area contributed by atoms with Crippen molar-refractivity contribution in [3.05, 3.63) is 36.4 Å². The molecule has 1 atom stereocenters. The first-order valence-corrected chi connectivity index (χ1v) is 11.8. The number of hydrogen-bond donors (Lipinski definition) is 0. The van der Waals surface area contributed by atoms with Crippen molar-refractivity contribution in [2.75, 3.05) is 51.9 Å². The summed E-state index contributed by atoms with van der Waals surface area (Å²) in [5.41, 5.74) is 0.749. The summed E-state index contributed by atoms with van der Waals surface area (Å²) in [6.45, 7) is 7.42. The van der Waals surface area contributed by atoms with Crippen molar-refractivity contribution in [1.29, 1.82) is 0 Å². The van der Waals surface area contributed by atoms with Crippen molar-refractivity contribution in [3.8, 4) is 23.0 Å². The van der Waals surface area contributed by atoms with E-state index in [9.17, 15) is 4.79 Å². The number of rotatable bonds is 9. The first kappa shape index (κ1) is 25.9. The van der Waals surface area contributed by atoms with Crippen LogP contribution >= 0.6 is 23.7 Å². The molecule has 0 saturated heterocycles. The molecule has 34 heavy (non-hydrogen) atoms. The van der Waals surface area contributed by atoms with E-state index in [0.29, 0.717) is 34.7 Å². The highest BCUT2D eigenvalue weighted by Crippen LogP contribution is 2.38. The third-order valence-electron chi connectivity index (χ3n) is 5.70. The number of anilines is 1. The number of carbonyl (C=O) groups excluding carboxylic acids is 1. The molecular formula is C24H30ClN3O5S. The average Bonchev–Trinajstić information content (AvgIpc) is 3.27. The van der Waals surface area contributed by atoms with Gasteiger partial charge in [0.05, 0.1) is 24.4 Å². The second kappa shape index (κ2) is 11.6. The van der Waals surface area contributed by atoms with E-state index < -0.39 is 6.10 Å². The standard InChI is InChI=1S/C24H29N3O5S.ClH/c1-5-26(6-2)11-12-27(23(28)21-15-31-17-9-7-8-10-18(17)32-21)24-25-16-13-19(29-3)20(30-4)14-22(16)33-24;/h7-10,13-14,21H,5-6,11-12,15H2,1-4H3;1H. The first-order chi connectivity index (χ1) is 16.1. The van der Waals surface area contributed by atoms with Crippen LogP contribution in [0, 0.1) is 0 Å². The summed E-state index contributed by atoms with van der Waals surface area (Å²) in [7, 11) is 3.19. The maximum Gasteiger partial charge on any atom is 0.273 e. The quantitative estimate of drug-likeness (QED) is 0.428. The normalized spacial score (nSPS) is 14.6. The molecule has 1 aromatic heterocycles. The number of halogens is 1. The number of carbonyl (C=O) groups is 1. The Morgan fingerprint density at radius 1 is 1.09 bits per heavy atom. The fourth-order valence-electron chi connectivity index (χ4n) is 3.75. The van der Waals surface area contributed by atoms with E-state index in [1.54, 1.807) is 19.1 Å². The molecule has 3 aromatic rings. The first-order valence-electron chi connectivity index (χ1n) is 11.0. The highest BCUT2D eigenvalue weighted by atomic mass is 35.5. The van der Waals surface area contributed by atoms with Gasteiger partial charge in [0.25, 0.3) is 5.91 Å². The molecular weight excluding hydrogens is 478 g/mol. The molecule has 2 heterocycles. The molecule has 0 N–H and O–H groups in total. The van der Waals surface area contributed by atoms with Crippen LogP contribution in [0.25, 0.3) is 10.2 Å². The predicted octanol–water partition coefficient (Wildman–Crippen LogP) is 4.25. The molecule has 0 aliphatic carbocycles. The van der Waals surface area contributed by atoms with Crippen molar-refractivity contribution >= 4 is 45.0 Å². The lowest BCUT2D eigenvalue weighted by Crippen LogP contribution is -2.48. The largest absolute Gasteiger partial charge is 0.493 e. The summed E-state index contributed by atoms with van der Waals surface area (Å²) in [6, 6.07) is 11.1. The number of thiazole rings is 1. The molecule has 1 aliphatic heterocycles. The van der Waals surface area contributed by atoms with Crippen molar-refractivity contribution < 1.29 is 23.7 Å². The molecule has 0 radical (unpaired) electrons. The number of methoxy groups -OCH3 is 2. The number of hydrogen-bond acceptors (Lipinski definition) is 8. The van der Waals surface area contributed by atoms with Gasteiger partial charge < -0.3 is 23.8 Å². The van der Waals surface area contributed by atoms with Gasteiger partial charge in [-0.1, -0.05) is 37.3 Å².